The molecule has 0 aliphatic rings. The summed E-state index contributed by atoms with van der Waals surface area (Å²) in [5.41, 5.74) is 1.33. The zero-order chi connectivity index (χ0) is 12.7. The second kappa shape index (κ2) is 7.04. The average molecular weight is 253 g/mol. The summed E-state index contributed by atoms with van der Waals surface area (Å²) in [5.74, 6) is 0. The standard InChI is InChI=1S/C14H23NOS/c1-14(2,11-16)10-15-9-8-12-4-6-13(17-3)7-5-12/h4-7,15-16H,8-11H2,1-3H3. The Hall–Kier alpha value is -0.510. The highest BCUT2D eigenvalue weighted by atomic mass is 32.2. The van der Waals surface area contributed by atoms with Crippen LogP contribution in [0.4, 0.5) is 0 Å². The number of nitrogens with one attached hydrogen (secondary N) is 1. The van der Waals surface area contributed by atoms with Gasteiger partial charge < -0.3 is 10.4 Å². The number of aliphatic hydroxyl groups excluding tert-OH is 1. The Morgan fingerprint density at radius 3 is 2.41 bits per heavy atom. The van der Waals surface area contributed by atoms with Crippen LogP contribution in [-0.2, 0) is 6.42 Å². The average Bonchev–Trinajstić information content (AvgIpc) is 2.35. The molecule has 0 spiro atoms. The molecule has 0 saturated carbocycles. The number of thioether (sulfide) groups is 1. The van der Waals surface area contributed by atoms with Crippen molar-refractivity contribution in [3.63, 3.8) is 0 Å². The highest BCUT2D eigenvalue weighted by Gasteiger charge is 2.14. The zero-order valence-corrected chi connectivity index (χ0v) is 11.8. The quantitative estimate of drug-likeness (QED) is 0.578. The van der Waals surface area contributed by atoms with Crippen LogP contribution < -0.4 is 5.32 Å². The highest BCUT2D eigenvalue weighted by Crippen LogP contribution is 2.15. The van der Waals surface area contributed by atoms with Crippen molar-refractivity contribution in [3.05, 3.63) is 29.8 Å². The molecule has 1 rings (SSSR count). The van der Waals surface area contributed by atoms with Gasteiger partial charge in [-0.1, -0.05) is 26.0 Å². The summed E-state index contributed by atoms with van der Waals surface area (Å²) in [4.78, 5) is 1.31. The van der Waals surface area contributed by atoms with E-state index >= 15 is 0 Å². The fraction of sp³-hybridized carbons (Fsp3) is 0.571. The van der Waals surface area contributed by atoms with Gasteiger partial charge in [0.05, 0.1) is 0 Å². The maximum Gasteiger partial charge on any atom is 0.0494 e. The van der Waals surface area contributed by atoms with Gasteiger partial charge in [-0.3, -0.25) is 0 Å². The lowest BCUT2D eigenvalue weighted by molar-refractivity contribution is 0.157. The molecule has 17 heavy (non-hydrogen) atoms. The lowest BCUT2D eigenvalue weighted by Gasteiger charge is -2.21. The third kappa shape index (κ3) is 5.57. The van der Waals surface area contributed by atoms with Crippen LogP contribution >= 0.6 is 11.8 Å². The van der Waals surface area contributed by atoms with E-state index in [1.54, 1.807) is 11.8 Å². The van der Waals surface area contributed by atoms with Crippen molar-refractivity contribution in [2.45, 2.75) is 25.2 Å². The molecule has 0 bridgehead atoms. The molecule has 0 saturated heterocycles. The maximum atomic E-state index is 9.13. The van der Waals surface area contributed by atoms with Gasteiger partial charge in [-0.25, -0.2) is 0 Å². The molecular formula is C14H23NOS. The lowest BCUT2D eigenvalue weighted by Crippen LogP contribution is -2.33. The Kier molecular flexibility index (Phi) is 6.03. The summed E-state index contributed by atoms with van der Waals surface area (Å²) in [6, 6.07) is 8.70. The predicted molar refractivity (Wildman–Crippen MR) is 75.7 cm³/mol. The van der Waals surface area contributed by atoms with Crippen LogP contribution in [0, 0.1) is 5.41 Å². The first-order valence-corrected chi connectivity index (χ1v) is 7.24. The fourth-order valence-corrected chi connectivity index (χ4v) is 1.92. The van der Waals surface area contributed by atoms with Crippen molar-refractivity contribution in [2.24, 2.45) is 5.41 Å². The van der Waals surface area contributed by atoms with Crippen LogP contribution in [-0.4, -0.2) is 31.1 Å². The minimum Gasteiger partial charge on any atom is -0.396 e. The molecule has 0 aromatic heterocycles. The maximum absolute atomic E-state index is 9.13. The lowest BCUT2D eigenvalue weighted by atomic mass is 9.95. The molecule has 0 aliphatic carbocycles. The first-order chi connectivity index (χ1) is 8.07. The monoisotopic (exact) mass is 253 g/mol. The molecule has 0 heterocycles. The molecule has 96 valence electrons. The molecule has 2 N–H and O–H groups in total. The van der Waals surface area contributed by atoms with E-state index in [9.17, 15) is 0 Å². The van der Waals surface area contributed by atoms with Crippen LogP contribution in [0.5, 0.6) is 0 Å². The molecule has 1 aromatic rings. The normalized spacial score (nSPS) is 11.8. The first-order valence-electron chi connectivity index (χ1n) is 6.02. The van der Waals surface area contributed by atoms with E-state index in [-0.39, 0.29) is 12.0 Å². The van der Waals surface area contributed by atoms with Crippen molar-refractivity contribution < 1.29 is 5.11 Å². The SMILES string of the molecule is CSc1ccc(CCNCC(C)(C)CO)cc1. The van der Waals surface area contributed by atoms with Gasteiger partial charge in [-0.15, -0.1) is 11.8 Å². The Morgan fingerprint density at radius 1 is 1.24 bits per heavy atom. The van der Waals surface area contributed by atoms with Crippen molar-refractivity contribution in [1.29, 1.82) is 0 Å². The molecule has 0 fully saturated rings. The Morgan fingerprint density at radius 2 is 1.88 bits per heavy atom. The van der Waals surface area contributed by atoms with Crippen molar-refractivity contribution in [3.8, 4) is 0 Å². The molecule has 0 unspecified atom stereocenters. The topological polar surface area (TPSA) is 32.3 Å². The van der Waals surface area contributed by atoms with Gasteiger partial charge >= 0.3 is 0 Å². The van der Waals surface area contributed by atoms with Crippen LogP contribution in [0.2, 0.25) is 0 Å². The van der Waals surface area contributed by atoms with E-state index in [4.69, 9.17) is 5.11 Å². The van der Waals surface area contributed by atoms with Gasteiger partial charge in [-0.05, 0) is 36.9 Å². The van der Waals surface area contributed by atoms with E-state index in [1.165, 1.54) is 10.5 Å². The van der Waals surface area contributed by atoms with E-state index in [2.05, 4.69) is 49.7 Å². The third-order valence-corrected chi connectivity index (χ3v) is 3.52. The van der Waals surface area contributed by atoms with Crippen molar-refractivity contribution >= 4 is 11.8 Å². The number of rotatable bonds is 7. The Balaban J connectivity index is 2.26. The summed E-state index contributed by atoms with van der Waals surface area (Å²) < 4.78 is 0. The zero-order valence-electron chi connectivity index (χ0n) is 11.0. The number of aliphatic hydroxyl groups is 1. The van der Waals surface area contributed by atoms with Crippen LogP contribution in [0.3, 0.4) is 0 Å². The number of benzene rings is 1. The summed E-state index contributed by atoms with van der Waals surface area (Å²) in [6.45, 7) is 6.16. The molecule has 0 atom stereocenters. The van der Waals surface area contributed by atoms with E-state index in [0.717, 1.165) is 19.5 Å². The molecule has 1 aromatic carbocycles. The molecule has 3 heteroatoms. The van der Waals surface area contributed by atoms with E-state index < -0.39 is 0 Å². The van der Waals surface area contributed by atoms with Crippen molar-refractivity contribution in [2.75, 3.05) is 26.0 Å². The van der Waals surface area contributed by atoms with Crippen LogP contribution in [0.25, 0.3) is 0 Å². The number of hydrogen-bond donors (Lipinski definition) is 2. The summed E-state index contributed by atoms with van der Waals surface area (Å²) in [5, 5.41) is 12.5. The second-order valence-electron chi connectivity index (χ2n) is 5.10. The van der Waals surface area contributed by atoms with Gasteiger partial charge in [0.15, 0.2) is 0 Å². The minimum atomic E-state index is -0.0251. The fourth-order valence-electron chi connectivity index (χ4n) is 1.51. The number of hydrogen-bond acceptors (Lipinski definition) is 3. The summed E-state index contributed by atoms with van der Waals surface area (Å²) in [6.07, 6.45) is 3.13. The third-order valence-electron chi connectivity index (χ3n) is 2.78. The Labute approximate surface area is 109 Å². The van der Waals surface area contributed by atoms with Gasteiger partial charge in [-0.2, -0.15) is 0 Å². The molecular weight excluding hydrogens is 230 g/mol. The van der Waals surface area contributed by atoms with Crippen LogP contribution in [0.1, 0.15) is 19.4 Å². The summed E-state index contributed by atoms with van der Waals surface area (Å²) >= 11 is 1.77. The van der Waals surface area contributed by atoms with Gasteiger partial charge in [0.25, 0.3) is 0 Å². The highest BCUT2D eigenvalue weighted by molar-refractivity contribution is 7.98. The molecule has 0 aliphatic heterocycles. The van der Waals surface area contributed by atoms with Gasteiger partial charge in [0.1, 0.15) is 0 Å². The molecule has 2 nitrogen and oxygen atoms in total. The minimum absolute atomic E-state index is 0.0251. The van der Waals surface area contributed by atoms with Gasteiger partial charge in [0, 0.05) is 23.5 Å². The van der Waals surface area contributed by atoms with Gasteiger partial charge in [0.2, 0.25) is 0 Å². The molecule has 0 amide bonds. The first kappa shape index (κ1) is 14.6. The van der Waals surface area contributed by atoms with E-state index in [0.29, 0.717) is 0 Å². The second-order valence-corrected chi connectivity index (χ2v) is 5.98. The van der Waals surface area contributed by atoms with Crippen molar-refractivity contribution in [1.82, 2.24) is 5.32 Å². The van der Waals surface area contributed by atoms with Crippen LogP contribution in [0.15, 0.2) is 29.2 Å². The largest absolute Gasteiger partial charge is 0.396 e. The van der Waals surface area contributed by atoms with E-state index in [1.807, 2.05) is 0 Å². The Bertz CT molecular complexity index is 321. The summed E-state index contributed by atoms with van der Waals surface area (Å²) in [7, 11) is 0. The molecule has 0 radical (unpaired) electrons. The smallest absolute Gasteiger partial charge is 0.0494 e. The predicted octanol–water partition coefficient (Wildman–Crippen LogP) is 2.56.